The van der Waals surface area contributed by atoms with Crippen LogP contribution in [0.15, 0.2) is 53.1 Å². The number of nitrogens with zero attached hydrogens (tertiary/aromatic N) is 5. The Morgan fingerprint density at radius 1 is 1.04 bits per heavy atom. The first-order chi connectivity index (χ1) is 12.7. The molecule has 0 bridgehead atoms. The van der Waals surface area contributed by atoms with E-state index in [2.05, 4.69) is 15.1 Å². The first-order valence-electron chi connectivity index (χ1n) is 8.74. The van der Waals surface area contributed by atoms with Gasteiger partial charge in [-0.25, -0.2) is 0 Å². The van der Waals surface area contributed by atoms with Crippen molar-refractivity contribution in [3.05, 3.63) is 65.9 Å². The van der Waals surface area contributed by atoms with Crippen molar-refractivity contribution < 1.29 is 9.21 Å². The van der Waals surface area contributed by atoms with E-state index in [0.29, 0.717) is 24.5 Å². The molecule has 2 aromatic heterocycles. The van der Waals surface area contributed by atoms with Crippen LogP contribution in [-0.2, 0) is 6.54 Å². The zero-order valence-electron chi connectivity index (χ0n) is 14.7. The minimum atomic E-state index is -0.0534. The van der Waals surface area contributed by atoms with Crippen LogP contribution in [-0.4, -0.2) is 56.9 Å². The number of carbonyl (C=O) groups excluding carboxylic acids is 1. The van der Waals surface area contributed by atoms with Crippen LogP contribution in [0.4, 0.5) is 0 Å². The van der Waals surface area contributed by atoms with Gasteiger partial charge in [0.2, 0.25) is 0 Å². The van der Waals surface area contributed by atoms with Crippen LogP contribution in [0.2, 0.25) is 0 Å². The van der Waals surface area contributed by atoms with E-state index < -0.39 is 0 Å². The Morgan fingerprint density at radius 2 is 1.81 bits per heavy atom. The third-order valence-corrected chi connectivity index (χ3v) is 4.59. The van der Waals surface area contributed by atoms with Gasteiger partial charge in [-0.3, -0.25) is 9.69 Å². The van der Waals surface area contributed by atoms with Crippen LogP contribution in [0.3, 0.4) is 0 Å². The third-order valence-electron chi connectivity index (χ3n) is 4.59. The SMILES string of the molecule is Cc1nn(-c2ccccc2)nc1C(=O)N1CCN(Cc2ccco2)CC1. The highest BCUT2D eigenvalue weighted by Crippen LogP contribution is 2.14. The minimum Gasteiger partial charge on any atom is -0.468 e. The summed E-state index contributed by atoms with van der Waals surface area (Å²) in [6, 6.07) is 13.5. The second-order valence-electron chi connectivity index (χ2n) is 6.41. The average Bonchev–Trinajstić information content (AvgIpc) is 3.32. The molecular formula is C19H21N5O2. The molecule has 0 atom stereocenters. The summed E-state index contributed by atoms with van der Waals surface area (Å²) in [5.41, 5.74) is 1.92. The first kappa shape index (κ1) is 16.5. The topological polar surface area (TPSA) is 67.4 Å². The molecule has 7 heteroatoms. The monoisotopic (exact) mass is 351 g/mol. The number of furan rings is 1. The zero-order valence-corrected chi connectivity index (χ0v) is 14.7. The van der Waals surface area contributed by atoms with Gasteiger partial charge in [0.1, 0.15) is 5.76 Å². The van der Waals surface area contributed by atoms with E-state index in [4.69, 9.17) is 4.42 Å². The number of benzene rings is 1. The van der Waals surface area contributed by atoms with Crippen molar-refractivity contribution in [3.63, 3.8) is 0 Å². The molecule has 3 aromatic rings. The molecule has 0 radical (unpaired) electrons. The molecule has 4 rings (SSSR count). The Balaban J connectivity index is 1.41. The Bertz CT molecular complexity index is 865. The van der Waals surface area contributed by atoms with E-state index in [-0.39, 0.29) is 5.91 Å². The van der Waals surface area contributed by atoms with Gasteiger partial charge >= 0.3 is 0 Å². The summed E-state index contributed by atoms with van der Waals surface area (Å²) in [6.45, 7) is 5.59. The number of rotatable bonds is 4. The summed E-state index contributed by atoms with van der Waals surface area (Å²) in [4.78, 5) is 18.5. The van der Waals surface area contributed by atoms with Crippen molar-refractivity contribution >= 4 is 5.91 Å². The van der Waals surface area contributed by atoms with Gasteiger partial charge in [0.15, 0.2) is 5.69 Å². The minimum absolute atomic E-state index is 0.0534. The second-order valence-corrected chi connectivity index (χ2v) is 6.41. The van der Waals surface area contributed by atoms with Gasteiger partial charge in [-0.2, -0.15) is 9.90 Å². The van der Waals surface area contributed by atoms with Crippen LogP contribution in [0, 0.1) is 6.92 Å². The molecule has 3 heterocycles. The molecule has 0 spiro atoms. The summed E-state index contributed by atoms with van der Waals surface area (Å²) in [6.07, 6.45) is 1.69. The standard InChI is InChI=1S/C19H21N5O2/c1-15-18(21-24(20-15)16-6-3-2-4-7-16)19(25)23-11-9-22(10-12-23)14-17-8-5-13-26-17/h2-8,13H,9-12,14H2,1H3. The maximum atomic E-state index is 12.9. The molecular weight excluding hydrogens is 330 g/mol. The molecule has 0 N–H and O–H groups in total. The molecule has 1 aliphatic heterocycles. The normalized spacial score (nSPS) is 15.3. The van der Waals surface area contributed by atoms with Crippen LogP contribution < -0.4 is 0 Å². The van der Waals surface area contributed by atoms with E-state index in [9.17, 15) is 4.79 Å². The van der Waals surface area contributed by atoms with Crippen LogP contribution in [0.1, 0.15) is 21.9 Å². The lowest BCUT2D eigenvalue weighted by atomic mass is 10.2. The highest BCUT2D eigenvalue weighted by Gasteiger charge is 2.26. The average molecular weight is 351 g/mol. The maximum absolute atomic E-state index is 12.9. The van der Waals surface area contributed by atoms with Crippen LogP contribution >= 0.6 is 0 Å². The lowest BCUT2D eigenvalue weighted by molar-refractivity contribution is 0.0613. The summed E-state index contributed by atoms with van der Waals surface area (Å²) in [5, 5.41) is 8.82. The van der Waals surface area contributed by atoms with Gasteiger partial charge in [-0.1, -0.05) is 18.2 Å². The van der Waals surface area contributed by atoms with Crippen LogP contribution in [0.25, 0.3) is 5.69 Å². The smallest absolute Gasteiger partial charge is 0.276 e. The predicted octanol–water partition coefficient (Wildman–Crippen LogP) is 2.13. The lowest BCUT2D eigenvalue weighted by Crippen LogP contribution is -2.48. The van der Waals surface area contributed by atoms with Crippen molar-refractivity contribution in [2.45, 2.75) is 13.5 Å². The fourth-order valence-corrected chi connectivity index (χ4v) is 3.13. The van der Waals surface area contributed by atoms with Crippen molar-refractivity contribution in [2.24, 2.45) is 0 Å². The number of amides is 1. The van der Waals surface area contributed by atoms with Crippen molar-refractivity contribution in [1.82, 2.24) is 24.8 Å². The number of para-hydroxylation sites is 1. The Labute approximate surface area is 151 Å². The van der Waals surface area contributed by atoms with Gasteiger partial charge in [0.25, 0.3) is 5.91 Å². The summed E-state index contributed by atoms with van der Waals surface area (Å²) >= 11 is 0. The quantitative estimate of drug-likeness (QED) is 0.720. The number of aromatic nitrogens is 3. The van der Waals surface area contributed by atoms with Crippen molar-refractivity contribution in [3.8, 4) is 5.69 Å². The zero-order chi connectivity index (χ0) is 17.9. The Morgan fingerprint density at radius 3 is 2.50 bits per heavy atom. The Hall–Kier alpha value is -2.93. The van der Waals surface area contributed by atoms with Gasteiger partial charge in [-0.05, 0) is 31.2 Å². The van der Waals surface area contributed by atoms with Gasteiger partial charge in [0.05, 0.1) is 24.2 Å². The molecule has 0 aliphatic carbocycles. The number of carbonyl (C=O) groups is 1. The molecule has 7 nitrogen and oxygen atoms in total. The molecule has 1 saturated heterocycles. The highest BCUT2D eigenvalue weighted by molar-refractivity contribution is 5.93. The number of hydrogen-bond donors (Lipinski definition) is 0. The first-order valence-corrected chi connectivity index (χ1v) is 8.74. The maximum Gasteiger partial charge on any atom is 0.276 e. The van der Waals surface area contributed by atoms with E-state index in [1.165, 1.54) is 4.80 Å². The lowest BCUT2D eigenvalue weighted by Gasteiger charge is -2.33. The fraction of sp³-hybridized carbons (Fsp3) is 0.316. The van der Waals surface area contributed by atoms with E-state index in [0.717, 1.165) is 31.1 Å². The van der Waals surface area contributed by atoms with Crippen LogP contribution in [0.5, 0.6) is 0 Å². The molecule has 1 fully saturated rings. The highest BCUT2D eigenvalue weighted by atomic mass is 16.3. The second kappa shape index (κ2) is 7.13. The predicted molar refractivity (Wildman–Crippen MR) is 96.0 cm³/mol. The summed E-state index contributed by atoms with van der Waals surface area (Å²) < 4.78 is 5.40. The molecule has 134 valence electrons. The van der Waals surface area contributed by atoms with Crippen molar-refractivity contribution in [1.29, 1.82) is 0 Å². The van der Waals surface area contributed by atoms with E-state index in [1.54, 1.807) is 6.26 Å². The molecule has 1 amide bonds. The summed E-state index contributed by atoms with van der Waals surface area (Å²) in [7, 11) is 0. The van der Waals surface area contributed by atoms with Gasteiger partial charge < -0.3 is 9.32 Å². The molecule has 0 saturated carbocycles. The number of aryl methyl sites for hydroxylation is 1. The molecule has 1 aromatic carbocycles. The molecule has 26 heavy (non-hydrogen) atoms. The largest absolute Gasteiger partial charge is 0.468 e. The number of hydrogen-bond acceptors (Lipinski definition) is 5. The van der Waals surface area contributed by atoms with Crippen molar-refractivity contribution in [2.75, 3.05) is 26.2 Å². The summed E-state index contributed by atoms with van der Waals surface area (Å²) in [5.74, 6) is 0.897. The number of piperazine rings is 1. The third kappa shape index (κ3) is 3.39. The molecule has 0 unspecified atom stereocenters. The fourth-order valence-electron chi connectivity index (χ4n) is 3.13. The van der Waals surface area contributed by atoms with Gasteiger partial charge in [0, 0.05) is 26.2 Å². The van der Waals surface area contributed by atoms with E-state index >= 15 is 0 Å². The van der Waals surface area contributed by atoms with E-state index in [1.807, 2.05) is 54.3 Å². The van der Waals surface area contributed by atoms with Gasteiger partial charge in [-0.15, -0.1) is 5.10 Å². The molecule has 1 aliphatic rings. The Kier molecular flexibility index (Phi) is 4.53.